The SMILES string of the molecule is Cc1cccc(C)c1NC(=O)CN(C)C(=O)CCC(=O)N1CCC(c2ccccc2)=N1. The van der Waals surface area contributed by atoms with Crippen LogP contribution < -0.4 is 5.32 Å². The Labute approximate surface area is 182 Å². The summed E-state index contributed by atoms with van der Waals surface area (Å²) in [5.41, 5.74) is 4.58. The van der Waals surface area contributed by atoms with Crippen molar-refractivity contribution in [1.29, 1.82) is 0 Å². The van der Waals surface area contributed by atoms with Gasteiger partial charge in [-0.3, -0.25) is 14.4 Å². The van der Waals surface area contributed by atoms with Gasteiger partial charge in [-0.15, -0.1) is 0 Å². The predicted octanol–water partition coefficient (Wildman–Crippen LogP) is 3.12. The molecule has 0 atom stereocenters. The highest BCUT2D eigenvalue weighted by Crippen LogP contribution is 2.19. The van der Waals surface area contributed by atoms with Crippen LogP contribution in [0, 0.1) is 13.8 Å². The number of aryl methyl sites for hydroxylation is 2. The number of nitrogens with zero attached hydrogens (tertiary/aromatic N) is 3. The highest BCUT2D eigenvalue weighted by atomic mass is 16.2. The molecule has 1 heterocycles. The first-order valence-corrected chi connectivity index (χ1v) is 10.4. The van der Waals surface area contributed by atoms with Gasteiger partial charge in [0, 0.05) is 32.0 Å². The molecule has 0 radical (unpaired) electrons. The molecule has 1 N–H and O–H groups in total. The first kappa shape index (κ1) is 22.2. The van der Waals surface area contributed by atoms with Crippen LogP contribution in [-0.2, 0) is 14.4 Å². The number of carbonyl (C=O) groups excluding carboxylic acids is 3. The molecule has 2 aromatic carbocycles. The third-order valence-corrected chi connectivity index (χ3v) is 5.30. The maximum absolute atomic E-state index is 12.5. The second-order valence-electron chi connectivity index (χ2n) is 7.74. The fourth-order valence-corrected chi connectivity index (χ4v) is 3.50. The van der Waals surface area contributed by atoms with Crippen LogP contribution in [0.15, 0.2) is 53.6 Å². The van der Waals surface area contributed by atoms with E-state index >= 15 is 0 Å². The summed E-state index contributed by atoms with van der Waals surface area (Å²) in [6.07, 6.45) is 0.800. The van der Waals surface area contributed by atoms with Gasteiger partial charge in [-0.1, -0.05) is 48.5 Å². The second-order valence-corrected chi connectivity index (χ2v) is 7.74. The quantitative estimate of drug-likeness (QED) is 0.747. The van der Waals surface area contributed by atoms with Crippen LogP contribution in [-0.4, -0.2) is 53.5 Å². The maximum Gasteiger partial charge on any atom is 0.243 e. The van der Waals surface area contributed by atoms with E-state index in [-0.39, 0.29) is 37.1 Å². The molecule has 2 aromatic rings. The van der Waals surface area contributed by atoms with Crippen molar-refractivity contribution in [3.05, 3.63) is 65.2 Å². The molecule has 1 aliphatic rings. The molecular formula is C24H28N4O3. The van der Waals surface area contributed by atoms with E-state index in [1.54, 1.807) is 7.05 Å². The number of amides is 3. The van der Waals surface area contributed by atoms with Crippen LogP contribution in [0.2, 0.25) is 0 Å². The normalized spacial score (nSPS) is 13.0. The van der Waals surface area contributed by atoms with Gasteiger partial charge in [0.2, 0.25) is 17.7 Å². The van der Waals surface area contributed by atoms with E-state index in [1.807, 2.05) is 62.4 Å². The molecule has 0 aromatic heterocycles. The minimum Gasteiger partial charge on any atom is -0.336 e. The van der Waals surface area contributed by atoms with E-state index in [2.05, 4.69) is 10.4 Å². The van der Waals surface area contributed by atoms with Gasteiger partial charge in [-0.2, -0.15) is 5.10 Å². The van der Waals surface area contributed by atoms with E-state index in [4.69, 9.17) is 0 Å². The summed E-state index contributed by atoms with van der Waals surface area (Å²) in [5, 5.41) is 8.71. The second kappa shape index (κ2) is 10.0. The monoisotopic (exact) mass is 420 g/mol. The molecule has 0 unspecified atom stereocenters. The Kier molecular flexibility index (Phi) is 7.18. The first-order valence-electron chi connectivity index (χ1n) is 10.4. The van der Waals surface area contributed by atoms with Gasteiger partial charge < -0.3 is 10.2 Å². The maximum atomic E-state index is 12.5. The number of anilines is 1. The Balaban J connectivity index is 1.47. The van der Waals surface area contributed by atoms with Gasteiger partial charge in [0.15, 0.2) is 0 Å². The van der Waals surface area contributed by atoms with E-state index in [1.165, 1.54) is 9.91 Å². The van der Waals surface area contributed by atoms with Crippen molar-refractivity contribution in [3.8, 4) is 0 Å². The summed E-state index contributed by atoms with van der Waals surface area (Å²) in [4.78, 5) is 38.6. The highest BCUT2D eigenvalue weighted by Gasteiger charge is 2.23. The zero-order valence-corrected chi connectivity index (χ0v) is 18.2. The van der Waals surface area contributed by atoms with Gasteiger partial charge in [-0.05, 0) is 30.5 Å². The average molecular weight is 421 g/mol. The van der Waals surface area contributed by atoms with E-state index < -0.39 is 0 Å². The molecule has 0 spiro atoms. The zero-order chi connectivity index (χ0) is 22.4. The van der Waals surface area contributed by atoms with E-state index in [0.29, 0.717) is 13.0 Å². The molecule has 3 amide bonds. The highest BCUT2D eigenvalue weighted by molar-refractivity contribution is 6.02. The molecule has 7 nitrogen and oxygen atoms in total. The minimum absolute atomic E-state index is 0.0404. The molecule has 1 aliphatic heterocycles. The Bertz CT molecular complexity index is 981. The van der Waals surface area contributed by atoms with Crippen LogP contribution in [0.25, 0.3) is 0 Å². The van der Waals surface area contributed by atoms with Gasteiger partial charge in [-0.25, -0.2) is 5.01 Å². The van der Waals surface area contributed by atoms with Crippen molar-refractivity contribution in [1.82, 2.24) is 9.91 Å². The van der Waals surface area contributed by atoms with Crippen molar-refractivity contribution < 1.29 is 14.4 Å². The van der Waals surface area contributed by atoms with Crippen molar-refractivity contribution in [3.63, 3.8) is 0 Å². The summed E-state index contributed by atoms with van der Waals surface area (Å²) >= 11 is 0. The molecule has 0 saturated carbocycles. The number of carbonyl (C=O) groups is 3. The fourth-order valence-electron chi connectivity index (χ4n) is 3.50. The Morgan fingerprint density at radius 2 is 1.68 bits per heavy atom. The van der Waals surface area contributed by atoms with Gasteiger partial charge in [0.05, 0.1) is 18.8 Å². The van der Waals surface area contributed by atoms with Gasteiger partial charge in [0.25, 0.3) is 0 Å². The molecule has 0 saturated heterocycles. The predicted molar refractivity (Wildman–Crippen MR) is 121 cm³/mol. The van der Waals surface area contributed by atoms with Crippen molar-refractivity contribution in [2.45, 2.75) is 33.1 Å². The molecule has 0 fully saturated rings. The number of hydrazone groups is 1. The molecule has 0 bridgehead atoms. The fraction of sp³-hybridized carbons (Fsp3) is 0.333. The lowest BCUT2D eigenvalue weighted by molar-refractivity contribution is -0.137. The average Bonchev–Trinajstić information content (AvgIpc) is 3.25. The molecule has 0 aliphatic carbocycles. The number of para-hydroxylation sites is 1. The van der Waals surface area contributed by atoms with Crippen LogP contribution in [0.3, 0.4) is 0 Å². The van der Waals surface area contributed by atoms with Crippen LogP contribution >= 0.6 is 0 Å². The summed E-state index contributed by atoms with van der Waals surface area (Å²) in [6.45, 7) is 4.30. The van der Waals surface area contributed by atoms with Crippen molar-refractivity contribution in [2.24, 2.45) is 5.10 Å². The first-order chi connectivity index (χ1) is 14.8. The molecule has 162 valence electrons. The van der Waals surface area contributed by atoms with Gasteiger partial charge >= 0.3 is 0 Å². The summed E-state index contributed by atoms with van der Waals surface area (Å²) in [7, 11) is 1.57. The van der Waals surface area contributed by atoms with Crippen molar-refractivity contribution in [2.75, 3.05) is 25.5 Å². The number of nitrogens with one attached hydrogen (secondary N) is 1. The zero-order valence-electron chi connectivity index (χ0n) is 18.2. The van der Waals surface area contributed by atoms with Crippen molar-refractivity contribution >= 4 is 29.1 Å². The van der Waals surface area contributed by atoms with Crippen LogP contribution in [0.4, 0.5) is 5.69 Å². The number of benzene rings is 2. The summed E-state index contributed by atoms with van der Waals surface area (Å²) in [6, 6.07) is 15.5. The number of likely N-dealkylation sites (N-methyl/N-ethyl adjacent to an activating group) is 1. The molecular weight excluding hydrogens is 392 g/mol. The Morgan fingerprint density at radius 1 is 1.00 bits per heavy atom. The van der Waals surface area contributed by atoms with E-state index in [9.17, 15) is 14.4 Å². The standard InChI is InChI=1S/C24H28N4O3/c1-17-8-7-9-18(2)24(17)25-21(29)16-27(3)22(30)12-13-23(31)28-15-14-20(26-28)19-10-5-4-6-11-19/h4-11H,12-16H2,1-3H3,(H,25,29). The Morgan fingerprint density at radius 3 is 2.35 bits per heavy atom. The smallest absolute Gasteiger partial charge is 0.243 e. The van der Waals surface area contributed by atoms with Crippen LogP contribution in [0.5, 0.6) is 0 Å². The topological polar surface area (TPSA) is 82.1 Å². The van der Waals surface area contributed by atoms with Crippen LogP contribution in [0.1, 0.15) is 36.0 Å². The summed E-state index contributed by atoms with van der Waals surface area (Å²) < 4.78 is 0. The summed E-state index contributed by atoms with van der Waals surface area (Å²) in [5.74, 6) is -0.708. The third-order valence-electron chi connectivity index (χ3n) is 5.30. The lowest BCUT2D eigenvalue weighted by atomic mass is 10.1. The molecule has 3 rings (SSSR count). The molecule has 31 heavy (non-hydrogen) atoms. The van der Waals surface area contributed by atoms with E-state index in [0.717, 1.165) is 28.1 Å². The number of rotatable bonds is 7. The largest absolute Gasteiger partial charge is 0.336 e. The minimum atomic E-state index is -0.267. The van der Waals surface area contributed by atoms with Gasteiger partial charge in [0.1, 0.15) is 0 Å². The lowest BCUT2D eigenvalue weighted by Crippen LogP contribution is -2.35. The molecule has 7 heteroatoms. The number of hydrogen-bond acceptors (Lipinski definition) is 4. The number of hydrogen-bond donors (Lipinski definition) is 1. The lowest BCUT2D eigenvalue weighted by Gasteiger charge is -2.18. The third kappa shape index (κ3) is 5.78. The Hall–Kier alpha value is -3.48.